The molecule has 1 fully saturated rings. The van der Waals surface area contributed by atoms with Crippen molar-refractivity contribution < 1.29 is 14.6 Å². The lowest BCUT2D eigenvalue weighted by atomic mass is 9.95. The molecule has 0 aliphatic carbocycles. The third kappa shape index (κ3) is 2.46. The summed E-state index contributed by atoms with van der Waals surface area (Å²) in [5, 5.41) is 17.5. The summed E-state index contributed by atoms with van der Waals surface area (Å²) >= 11 is 0. The lowest BCUT2D eigenvalue weighted by molar-refractivity contribution is 0.0677. The molecule has 1 saturated heterocycles. The van der Waals surface area contributed by atoms with Crippen molar-refractivity contribution in [1.82, 2.24) is 15.0 Å². The maximum atomic E-state index is 11.2. The Morgan fingerprint density at radius 3 is 2.59 bits per heavy atom. The SMILES string of the molecule is CC(C)n1nc(C(=O)O)c(C2CCOCC2)n1. The number of nitrogens with zero attached hydrogens (tertiary/aromatic N) is 3. The normalized spacial score (nSPS) is 17.6. The van der Waals surface area contributed by atoms with E-state index in [1.165, 1.54) is 4.80 Å². The first-order chi connectivity index (χ1) is 8.09. The van der Waals surface area contributed by atoms with Crippen LogP contribution in [0.3, 0.4) is 0 Å². The first-order valence-electron chi connectivity index (χ1n) is 5.87. The van der Waals surface area contributed by atoms with Gasteiger partial charge in [-0.25, -0.2) is 4.79 Å². The van der Waals surface area contributed by atoms with Gasteiger partial charge in [0.2, 0.25) is 0 Å². The Labute approximate surface area is 99.6 Å². The van der Waals surface area contributed by atoms with Crippen molar-refractivity contribution in [3.05, 3.63) is 11.4 Å². The van der Waals surface area contributed by atoms with Crippen molar-refractivity contribution in [3.8, 4) is 0 Å². The van der Waals surface area contributed by atoms with Crippen LogP contribution in [-0.4, -0.2) is 39.3 Å². The molecule has 0 saturated carbocycles. The highest BCUT2D eigenvalue weighted by Crippen LogP contribution is 2.27. The summed E-state index contributed by atoms with van der Waals surface area (Å²) in [4.78, 5) is 12.6. The van der Waals surface area contributed by atoms with Gasteiger partial charge in [0.15, 0.2) is 5.69 Å². The summed E-state index contributed by atoms with van der Waals surface area (Å²) < 4.78 is 5.27. The van der Waals surface area contributed by atoms with Gasteiger partial charge in [0, 0.05) is 19.1 Å². The molecule has 94 valence electrons. The molecule has 6 nitrogen and oxygen atoms in total. The van der Waals surface area contributed by atoms with E-state index in [1.54, 1.807) is 0 Å². The molecule has 1 N–H and O–H groups in total. The molecule has 0 amide bonds. The molecule has 0 unspecified atom stereocenters. The van der Waals surface area contributed by atoms with Crippen LogP contribution in [-0.2, 0) is 4.74 Å². The maximum absolute atomic E-state index is 11.2. The summed E-state index contributed by atoms with van der Waals surface area (Å²) in [5.41, 5.74) is 0.695. The number of aromatic carboxylic acids is 1. The van der Waals surface area contributed by atoms with Crippen molar-refractivity contribution >= 4 is 5.97 Å². The Morgan fingerprint density at radius 2 is 2.06 bits per heavy atom. The predicted octanol–water partition coefficient (Wildman–Crippen LogP) is 1.45. The van der Waals surface area contributed by atoms with Gasteiger partial charge in [-0.2, -0.15) is 9.90 Å². The molecule has 6 heteroatoms. The fraction of sp³-hybridized carbons (Fsp3) is 0.727. The molecular weight excluding hydrogens is 222 g/mol. The van der Waals surface area contributed by atoms with E-state index in [4.69, 9.17) is 9.84 Å². The summed E-state index contributed by atoms with van der Waals surface area (Å²) in [6.07, 6.45) is 1.63. The molecule has 0 radical (unpaired) electrons. The molecular formula is C11H17N3O3. The van der Waals surface area contributed by atoms with E-state index in [1.807, 2.05) is 13.8 Å². The summed E-state index contributed by atoms with van der Waals surface area (Å²) in [6.45, 7) is 5.19. The number of hydrogen-bond acceptors (Lipinski definition) is 4. The molecule has 0 bridgehead atoms. The Bertz CT molecular complexity index is 408. The molecule has 0 atom stereocenters. The second kappa shape index (κ2) is 4.83. The van der Waals surface area contributed by atoms with Gasteiger partial charge >= 0.3 is 5.97 Å². The summed E-state index contributed by atoms with van der Waals surface area (Å²) in [5.74, 6) is -0.847. The van der Waals surface area contributed by atoms with Crippen molar-refractivity contribution in [3.63, 3.8) is 0 Å². The van der Waals surface area contributed by atoms with E-state index in [9.17, 15) is 4.79 Å². The fourth-order valence-electron chi connectivity index (χ4n) is 1.96. The second-order valence-corrected chi connectivity index (χ2v) is 4.54. The minimum absolute atomic E-state index is 0.0710. The van der Waals surface area contributed by atoms with Gasteiger partial charge in [-0.05, 0) is 26.7 Å². The number of carboxylic acids is 1. The van der Waals surface area contributed by atoms with E-state index >= 15 is 0 Å². The van der Waals surface area contributed by atoms with Crippen molar-refractivity contribution in [1.29, 1.82) is 0 Å². The summed E-state index contributed by atoms with van der Waals surface area (Å²) in [7, 11) is 0. The predicted molar refractivity (Wildman–Crippen MR) is 60.2 cm³/mol. The highest BCUT2D eigenvalue weighted by Gasteiger charge is 2.27. The number of ether oxygens (including phenoxy) is 1. The number of carboxylic acid groups (broad SMARTS) is 1. The van der Waals surface area contributed by atoms with Crippen LogP contribution in [0.1, 0.15) is 54.8 Å². The van der Waals surface area contributed by atoms with Crippen LogP contribution in [0, 0.1) is 0 Å². The average molecular weight is 239 g/mol. The molecule has 0 aromatic carbocycles. The Balaban J connectivity index is 2.32. The quantitative estimate of drug-likeness (QED) is 0.863. The van der Waals surface area contributed by atoms with Crippen LogP contribution in [0.25, 0.3) is 0 Å². The topological polar surface area (TPSA) is 77.2 Å². The van der Waals surface area contributed by atoms with Gasteiger partial charge in [-0.1, -0.05) is 0 Å². The smallest absolute Gasteiger partial charge is 0.358 e. The van der Waals surface area contributed by atoms with Gasteiger partial charge in [0.25, 0.3) is 0 Å². The zero-order chi connectivity index (χ0) is 12.4. The van der Waals surface area contributed by atoms with E-state index in [-0.39, 0.29) is 17.7 Å². The number of rotatable bonds is 3. The Kier molecular flexibility index (Phi) is 3.42. The molecule has 17 heavy (non-hydrogen) atoms. The average Bonchev–Trinajstić information content (AvgIpc) is 2.75. The monoisotopic (exact) mass is 239 g/mol. The standard InChI is InChI=1S/C11H17N3O3/c1-7(2)14-12-9(10(13-14)11(15)16)8-3-5-17-6-4-8/h7-8H,3-6H2,1-2H3,(H,15,16). The molecule has 1 aromatic heterocycles. The number of hydrogen-bond donors (Lipinski definition) is 1. The number of aromatic nitrogens is 3. The Hall–Kier alpha value is -1.43. The maximum Gasteiger partial charge on any atom is 0.358 e. The van der Waals surface area contributed by atoms with Gasteiger partial charge in [-0.15, -0.1) is 5.10 Å². The van der Waals surface area contributed by atoms with Gasteiger partial charge in [0.1, 0.15) is 5.69 Å². The third-order valence-electron chi connectivity index (χ3n) is 2.93. The van der Waals surface area contributed by atoms with Gasteiger partial charge < -0.3 is 9.84 Å². The first kappa shape index (κ1) is 12.0. The lowest BCUT2D eigenvalue weighted by Crippen LogP contribution is -2.17. The zero-order valence-electron chi connectivity index (χ0n) is 10.1. The van der Waals surface area contributed by atoms with E-state index < -0.39 is 5.97 Å². The lowest BCUT2D eigenvalue weighted by Gasteiger charge is -2.20. The number of carbonyl (C=O) groups is 1. The van der Waals surface area contributed by atoms with Crippen molar-refractivity contribution in [2.24, 2.45) is 0 Å². The first-order valence-corrected chi connectivity index (χ1v) is 5.87. The van der Waals surface area contributed by atoms with Crippen LogP contribution in [0.15, 0.2) is 0 Å². The Morgan fingerprint density at radius 1 is 1.41 bits per heavy atom. The van der Waals surface area contributed by atoms with Crippen LogP contribution in [0.2, 0.25) is 0 Å². The summed E-state index contributed by atoms with van der Waals surface area (Å²) in [6, 6.07) is 0.0710. The molecule has 0 spiro atoms. The van der Waals surface area contributed by atoms with Crippen LogP contribution < -0.4 is 0 Å². The van der Waals surface area contributed by atoms with Crippen LogP contribution in [0.5, 0.6) is 0 Å². The highest BCUT2D eigenvalue weighted by atomic mass is 16.5. The van der Waals surface area contributed by atoms with E-state index in [0.29, 0.717) is 18.9 Å². The molecule has 2 heterocycles. The van der Waals surface area contributed by atoms with Crippen molar-refractivity contribution in [2.45, 2.75) is 38.6 Å². The van der Waals surface area contributed by atoms with Crippen molar-refractivity contribution in [2.75, 3.05) is 13.2 Å². The van der Waals surface area contributed by atoms with Crippen LogP contribution in [0.4, 0.5) is 0 Å². The van der Waals surface area contributed by atoms with E-state index in [0.717, 1.165) is 12.8 Å². The van der Waals surface area contributed by atoms with Gasteiger partial charge in [0.05, 0.1) is 6.04 Å². The fourth-order valence-corrected chi connectivity index (χ4v) is 1.96. The molecule has 2 rings (SSSR count). The second-order valence-electron chi connectivity index (χ2n) is 4.54. The third-order valence-corrected chi connectivity index (χ3v) is 2.93. The highest BCUT2D eigenvalue weighted by molar-refractivity contribution is 5.86. The largest absolute Gasteiger partial charge is 0.476 e. The molecule has 1 aromatic rings. The molecule has 1 aliphatic heterocycles. The van der Waals surface area contributed by atoms with E-state index in [2.05, 4.69) is 10.2 Å². The zero-order valence-corrected chi connectivity index (χ0v) is 10.1. The van der Waals surface area contributed by atoms with Crippen LogP contribution >= 0.6 is 0 Å². The molecule has 1 aliphatic rings. The minimum Gasteiger partial charge on any atom is -0.476 e. The van der Waals surface area contributed by atoms with Gasteiger partial charge in [-0.3, -0.25) is 0 Å². The minimum atomic E-state index is -1.00.